The van der Waals surface area contributed by atoms with Gasteiger partial charge >= 0.3 is 0 Å². The van der Waals surface area contributed by atoms with Gasteiger partial charge in [0.1, 0.15) is 5.82 Å². The second-order valence-electron chi connectivity index (χ2n) is 7.64. The zero-order chi connectivity index (χ0) is 21.8. The molecule has 2 N–H and O–H groups in total. The first kappa shape index (κ1) is 21.1. The molecule has 0 fully saturated rings. The average molecular weight is 439 g/mol. The number of aryl methyl sites for hydroxylation is 1. The number of carbonyl (C=O) groups is 1. The molecule has 1 amide bonds. The quantitative estimate of drug-likeness (QED) is 0.600. The Balaban J connectivity index is 1.38. The van der Waals surface area contributed by atoms with Crippen molar-refractivity contribution in [3.8, 4) is 0 Å². The van der Waals surface area contributed by atoms with E-state index in [0.717, 1.165) is 37.0 Å². The smallest absolute Gasteiger partial charge is 0.261 e. The summed E-state index contributed by atoms with van der Waals surface area (Å²) in [5.41, 5.74) is 3.63. The number of amides is 1. The average Bonchev–Trinajstić information content (AvgIpc) is 2.75. The van der Waals surface area contributed by atoms with Gasteiger partial charge in [-0.05, 0) is 72.4 Å². The zero-order valence-electron chi connectivity index (χ0n) is 16.8. The summed E-state index contributed by atoms with van der Waals surface area (Å²) in [6.45, 7) is 0. The van der Waals surface area contributed by atoms with E-state index in [9.17, 15) is 17.6 Å². The van der Waals surface area contributed by atoms with Gasteiger partial charge < -0.3 is 5.32 Å². The molecule has 3 aromatic rings. The van der Waals surface area contributed by atoms with E-state index in [4.69, 9.17) is 0 Å². The van der Waals surface area contributed by atoms with E-state index in [2.05, 4.69) is 22.2 Å². The molecule has 5 nitrogen and oxygen atoms in total. The Morgan fingerprint density at radius 3 is 2.42 bits per heavy atom. The maximum atomic E-state index is 13.0. The first-order chi connectivity index (χ1) is 14.9. The van der Waals surface area contributed by atoms with Crippen LogP contribution in [-0.4, -0.2) is 14.3 Å². The van der Waals surface area contributed by atoms with E-state index >= 15 is 0 Å². The molecule has 0 heterocycles. The molecule has 0 radical (unpaired) electrons. The summed E-state index contributed by atoms with van der Waals surface area (Å²) in [5.74, 6) is -0.570. The van der Waals surface area contributed by atoms with Crippen LogP contribution in [0.4, 0.5) is 10.1 Å². The highest BCUT2D eigenvalue weighted by Crippen LogP contribution is 2.29. The molecule has 1 aliphatic carbocycles. The Morgan fingerprint density at radius 1 is 0.968 bits per heavy atom. The van der Waals surface area contributed by atoms with Gasteiger partial charge in [0.2, 0.25) is 5.91 Å². The van der Waals surface area contributed by atoms with Crippen LogP contribution in [0.25, 0.3) is 0 Å². The normalized spacial score (nSPS) is 15.7. The number of carbonyl (C=O) groups excluding carboxylic acids is 1. The van der Waals surface area contributed by atoms with Crippen LogP contribution < -0.4 is 10.0 Å². The number of rotatable bonds is 6. The number of halogens is 1. The molecule has 0 spiro atoms. The molecule has 1 unspecified atom stereocenters. The summed E-state index contributed by atoms with van der Waals surface area (Å²) in [7, 11) is -3.81. The molecular formula is C24H23FN2O3S. The minimum absolute atomic E-state index is 0.0230. The second kappa shape index (κ2) is 8.89. The topological polar surface area (TPSA) is 75.3 Å². The monoisotopic (exact) mass is 438 g/mol. The molecule has 1 atom stereocenters. The molecule has 3 aromatic carbocycles. The zero-order valence-corrected chi connectivity index (χ0v) is 17.7. The Kier molecular flexibility index (Phi) is 6.04. The summed E-state index contributed by atoms with van der Waals surface area (Å²) in [4.78, 5) is 12.5. The minimum atomic E-state index is -3.81. The van der Waals surface area contributed by atoms with Gasteiger partial charge in [0.15, 0.2) is 0 Å². The number of benzene rings is 3. The molecule has 160 valence electrons. The first-order valence-corrected chi connectivity index (χ1v) is 11.6. The van der Waals surface area contributed by atoms with E-state index in [1.165, 1.54) is 23.3 Å². The van der Waals surface area contributed by atoms with Crippen LogP contribution in [-0.2, 0) is 27.7 Å². The largest absolute Gasteiger partial charge is 0.349 e. The molecular weight excluding hydrogens is 415 g/mol. The summed E-state index contributed by atoms with van der Waals surface area (Å²) < 4.78 is 40.3. The second-order valence-corrected chi connectivity index (χ2v) is 9.33. The number of sulfonamides is 1. The lowest BCUT2D eigenvalue weighted by molar-refractivity contribution is -0.121. The van der Waals surface area contributed by atoms with Gasteiger partial charge in [0.25, 0.3) is 10.0 Å². The molecule has 1 aliphatic rings. The lowest BCUT2D eigenvalue weighted by Crippen LogP contribution is -2.32. The van der Waals surface area contributed by atoms with E-state index in [1.807, 2.05) is 12.1 Å². The van der Waals surface area contributed by atoms with Crippen LogP contribution in [0.3, 0.4) is 0 Å². The van der Waals surface area contributed by atoms with Crippen molar-refractivity contribution in [1.29, 1.82) is 0 Å². The Labute approximate surface area is 181 Å². The lowest BCUT2D eigenvalue weighted by Gasteiger charge is -2.26. The van der Waals surface area contributed by atoms with Crippen molar-refractivity contribution in [2.45, 2.75) is 36.6 Å². The van der Waals surface area contributed by atoms with Gasteiger partial charge in [-0.15, -0.1) is 0 Å². The van der Waals surface area contributed by atoms with E-state index in [-0.39, 0.29) is 23.3 Å². The third-order valence-corrected chi connectivity index (χ3v) is 6.80. The molecule has 4 rings (SSSR count). The van der Waals surface area contributed by atoms with Crippen LogP contribution in [0.15, 0.2) is 77.7 Å². The van der Waals surface area contributed by atoms with Gasteiger partial charge in [-0.1, -0.05) is 36.4 Å². The first-order valence-electron chi connectivity index (χ1n) is 10.2. The van der Waals surface area contributed by atoms with Crippen molar-refractivity contribution in [2.24, 2.45) is 0 Å². The molecule has 0 aromatic heterocycles. The molecule has 0 saturated carbocycles. The fourth-order valence-corrected chi connectivity index (χ4v) is 4.91. The Hall–Kier alpha value is -3.19. The standard InChI is InChI=1S/C24H23FN2O3S/c25-19-10-14-21(15-11-19)31(29,30)27-20-12-8-17(9-13-20)16-24(28)26-23-7-3-5-18-4-1-2-6-22(18)23/h1-2,4,6,8-15,23,27H,3,5,7,16H2,(H,26,28). The van der Waals surface area contributed by atoms with Crippen LogP contribution in [0, 0.1) is 5.82 Å². The highest BCUT2D eigenvalue weighted by molar-refractivity contribution is 7.92. The fourth-order valence-electron chi connectivity index (χ4n) is 3.85. The van der Waals surface area contributed by atoms with Crippen LogP contribution in [0.2, 0.25) is 0 Å². The molecule has 31 heavy (non-hydrogen) atoms. The van der Waals surface area contributed by atoms with Gasteiger partial charge in [-0.3, -0.25) is 9.52 Å². The van der Waals surface area contributed by atoms with Crippen molar-refractivity contribution >= 4 is 21.6 Å². The highest BCUT2D eigenvalue weighted by atomic mass is 32.2. The van der Waals surface area contributed by atoms with Gasteiger partial charge in [0, 0.05) is 5.69 Å². The third kappa shape index (κ3) is 5.11. The van der Waals surface area contributed by atoms with Crippen molar-refractivity contribution in [2.75, 3.05) is 4.72 Å². The number of anilines is 1. The highest BCUT2D eigenvalue weighted by Gasteiger charge is 2.21. The van der Waals surface area contributed by atoms with Crippen molar-refractivity contribution in [3.63, 3.8) is 0 Å². The van der Waals surface area contributed by atoms with Crippen molar-refractivity contribution in [3.05, 3.63) is 95.3 Å². The minimum Gasteiger partial charge on any atom is -0.349 e. The number of fused-ring (bicyclic) bond motifs is 1. The SMILES string of the molecule is O=C(Cc1ccc(NS(=O)(=O)c2ccc(F)cc2)cc1)NC1CCCc2ccccc21. The molecule has 0 bridgehead atoms. The number of hydrogen-bond acceptors (Lipinski definition) is 3. The summed E-state index contributed by atoms with van der Waals surface area (Å²) in [5, 5.41) is 3.12. The van der Waals surface area contributed by atoms with E-state index in [0.29, 0.717) is 5.69 Å². The predicted molar refractivity (Wildman–Crippen MR) is 118 cm³/mol. The third-order valence-electron chi connectivity index (χ3n) is 5.40. The van der Waals surface area contributed by atoms with E-state index in [1.54, 1.807) is 24.3 Å². The summed E-state index contributed by atoms with van der Waals surface area (Å²) >= 11 is 0. The van der Waals surface area contributed by atoms with Crippen LogP contribution in [0.1, 0.15) is 35.6 Å². The fraction of sp³-hybridized carbons (Fsp3) is 0.208. The molecule has 0 aliphatic heterocycles. The lowest BCUT2D eigenvalue weighted by atomic mass is 9.87. The molecule has 7 heteroatoms. The maximum Gasteiger partial charge on any atom is 0.261 e. The van der Waals surface area contributed by atoms with Crippen molar-refractivity contribution in [1.82, 2.24) is 5.32 Å². The Bertz CT molecular complexity index is 1180. The van der Waals surface area contributed by atoms with Crippen LogP contribution in [0.5, 0.6) is 0 Å². The van der Waals surface area contributed by atoms with E-state index < -0.39 is 15.8 Å². The maximum absolute atomic E-state index is 13.0. The summed E-state index contributed by atoms with van der Waals surface area (Å²) in [6, 6.07) is 19.5. The van der Waals surface area contributed by atoms with Crippen molar-refractivity contribution < 1.29 is 17.6 Å². The van der Waals surface area contributed by atoms with Gasteiger partial charge in [0.05, 0.1) is 17.4 Å². The predicted octanol–water partition coefficient (Wildman–Crippen LogP) is 4.36. The van der Waals surface area contributed by atoms with Gasteiger partial charge in [-0.25, -0.2) is 12.8 Å². The number of nitrogens with one attached hydrogen (secondary N) is 2. The summed E-state index contributed by atoms with van der Waals surface area (Å²) in [6.07, 6.45) is 3.22. The van der Waals surface area contributed by atoms with Crippen LogP contribution >= 0.6 is 0 Å². The molecule has 0 saturated heterocycles. The Morgan fingerprint density at radius 2 is 1.68 bits per heavy atom. The number of hydrogen-bond donors (Lipinski definition) is 2. The van der Waals surface area contributed by atoms with Gasteiger partial charge in [-0.2, -0.15) is 0 Å².